The van der Waals surface area contributed by atoms with E-state index < -0.39 is 0 Å². The molecule has 0 aromatic heterocycles. The third kappa shape index (κ3) is 1.61. The summed E-state index contributed by atoms with van der Waals surface area (Å²) in [6, 6.07) is 1.94. The van der Waals surface area contributed by atoms with E-state index in [0.717, 1.165) is 28.1 Å². The first-order valence-corrected chi connectivity index (χ1v) is 4.87. The lowest BCUT2D eigenvalue weighted by atomic mass is 10.0. The standard InChI is InChI=1S/C12H14N2O/c1-8-11(13)6-9-7-14-5-3-4-10(9)12(8)15-2/h3-4,6-7H,5,13H2,1-2H3. The number of benzene rings is 1. The van der Waals surface area contributed by atoms with Crippen LogP contribution in [0.3, 0.4) is 0 Å². The second kappa shape index (κ2) is 3.77. The fourth-order valence-electron chi connectivity index (χ4n) is 1.74. The van der Waals surface area contributed by atoms with Gasteiger partial charge in [-0.15, -0.1) is 0 Å². The molecule has 1 heterocycles. The fraction of sp³-hybridized carbons (Fsp3) is 0.250. The summed E-state index contributed by atoms with van der Waals surface area (Å²) in [6.07, 6.45) is 5.89. The fourth-order valence-corrected chi connectivity index (χ4v) is 1.74. The summed E-state index contributed by atoms with van der Waals surface area (Å²) in [7, 11) is 1.66. The molecular formula is C12H14N2O. The lowest BCUT2D eigenvalue weighted by Gasteiger charge is -2.13. The smallest absolute Gasteiger partial charge is 0.131 e. The van der Waals surface area contributed by atoms with Crippen LogP contribution in [0.25, 0.3) is 6.08 Å². The second-order valence-electron chi connectivity index (χ2n) is 3.52. The summed E-state index contributed by atoms with van der Waals surface area (Å²) in [5.41, 5.74) is 9.71. The Kier molecular flexibility index (Phi) is 2.46. The zero-order valence-corrected chi connectivity index (χ0v) is 8.95. The van der Waals surface area contributed by atoms with Crippen molar-refractivity contribution in [2.24, 2.45) is 4.99 Å². The topological polar surface area (TPSA) is 47.6 Å². The monoisotopic (exact) mass is 202 g/mol. The van der Waals surface area contributed by atoms with E-state index in [1.807, 2.05) is 31.4 Å². The maximum absolute atomic E-state index is 5.91. The normalized spacial score (nSPS) is 13.5. The molecule has 0 spiro atoms. The van der Waals surface area contributed by atoms with E-state index in [0.29, 0.717) is 6.54 Å². The minimum Gasteiger partial charge on any atom is -0.496 e. The van der Waals surface area contributed by atoms with E-state index in [4.69, 9.17) is 10.5 Å². The van der Waals surface area contributed by atoms with Gasteiger partial charge in [-0.05, 0) is 13.0 Å². The van der Waals surface area contributed by atoms with Gasteiger partial charge in [-0.25, -0.2) is 0 Å². The molecule has 0 atom stereocenters. The molecule has 1 aliphatic rings. The van der Waals surface area contributed by atoms with Gasteiger partial charge in [0, 0.05) is 28.6 Å². The number of nitrogens with zero attached hydrogens (tertiary/aromatic N) is 1. The number of aliphatic imine (C=N–C) groups is 1. The van der Waals surface area contributed by atoms with Gasteiger partial charge in [-0.3, -0.25) is 4.99 Å². The van der Waals surface area contributed by atoms with Crippen LogP contribution < -0.4 is 10.5 Å². The number of anilines is 1. The van der Waals surface area contributed by atoms with Gasteiger partial charge in [0.1, 0.15) is 5.75 Å². The molecule has 0 unspecified atom stereocenters. The van der Waals surface area contributed by atoms with Crippen molar-refractivity contribution < 1.29 is 4.74 Å². The Morgan fingerprint density at radius 1 is 1.47 bits per heavy atom. The van der Waals surface area contributed by atoms with E-state index in [-0.39, 0.29) is 0 Å². The Morgan fingerprint density at radius 3 is 3.00 bits per heavy atom. The zero-order valence-electron chi connectivity index (χ0n) is 8.95. The third-order valence-corrected chi connectivity index (χ3v) is 2.57. The Hall–Kier alpha value is -1.77. The van der Waals surface area contributed by atoms with Gasteiger partial charge in [-0.2, -0.15) is 0 Å². The third-order valence-electron chi connectivity index (χ3n) is 2.57. The SMILES string of the molecule is COc1c(C)c(N)cc2c1C=CCN=C2. The minimum atomic E-state index is 0.705. The second-order valence-corrected chi connectivity index (χ2v) is 3.52. The molecule has 3 nitrogen and oxygen atoms in total. The Bertz CT molecular complexity index is 447. The number of methoxy groups -OCH3 is 1. The first-order chi connectivity index (χ1) is 7.24. The van der Waals surface area contributed by atoms with E-state index in [2.05, 4.69) is 4.99 Å². The first kappa shape index (κ1) is 9.77. The summed E-state index contributed by atoms with van der Waals surface area (Å²) >= 11 is 0. The average Bonchev–Trinajstić information content (AvgIpc) is 2.45. The molecular weight excluding hydrogens is 188 g/mol. The molecule has 1 aromatic rings. The van der Waals surface area contributed by atoms with Crippen molar-refractivity contribution in [3.05, 3.63) is 28.8 Å². The maximum Gasteiger partial charge on any atom is 0.131 e. The highest BCUT2D eigenvalue weighted by Gasteiger charge is 2.12. The molecule has 78 valence electrons. The number of ether oxygens (including phenoxy) is 1. The van der Waals surface area contributed by atoms with Gasteiger partial charge in [0.05, 0.1) is 13.7 Å². The summed E-state index contributed by atoms with van der Waals surface area (Å²) in [6.45, 7) is 2.67. The highest BCUT2D eigenvalue weighted by molar-refractivity contribution is 5.91. The van der Waals surface area contributed by atoms with Gasteiger partial charge in [0.2, 0.25) is 0 Å². The number of nitrogens with two attached hydrogens (primary N) is 1. The summed E-state index contributed by atoms with van der Waals surface area (Å²) in [5, 5.41) is 0. The number of fused-ring (bicyclic) bond motifs is 1. The minimum absolute atomic E-state index is 0.705. The molecule has 3 heteroatoms. The number of rotatable bonds is 1. The van der Waals surface area contributed by atoms with Gasteiger partial charge in [0.25, 0.3) is 0 Å². The van der Waals surface area contributed by atoms with Crippen LogP contribution in [-0.2, 0) is 0 Å². The number of hydrogen-bond donors (Lipinski definition) is 1. The van der Waals surface area contributed by atoms with Crippen molar-refractivity contribution in [2.45, 2.75) is 6.92 Å². The lowest BCUT2D eigenvalue weighted by molar-refractivity contribution is 0.411. The van der Waals surface area contributed by atoms with Crippen LogP contribution in [0, 0.1) is 6.92 Å². The summed E-state index contributed by atoms with van der Waals surface area (Å²) in [5.74, 6) is 0.842. The van der Waals surface area contributed by atoms with E-state index >= 15 is 0 Å². The van der Waals surface area contributed by atoms with Crippen molar-refractivity contribution in [3.8, 4) is 5.75 Å². The van der Waals surface area contributed by atoms with Crippen molar-refractivity contribution in [2.75, 3.05) is 19.4 Å². The van der Waals surface area contributed by atoms with E-state index in [9.17, 15) is 0 Å². The molecule has 15 heavy (non-hydrogen) atoms. The Balaban J connectivity index is 2.73. The van der Waals surface area contributed by atoms with Crippen molar-refractivity contribution in [1.29, 1.82) is 0 Å². The highest BCUT2D eigenvalue weighted by Crippen LogP contribution is 2.32. The molecule has 2 N–H and O–H groups in total. The Morgan fingerprint density at radius 2 is 2.27 bits per heavy atom. The summed E-state index contributed by atoms with van der Waals surface area (Å²) < 4.78 is 5.39. The molecule has 0 aliphatic carbocycles. The van der Waals surface area contributed by atoms with E-state index in [1.165, 1.54) is 0 Å². The predicted octanol–water partition coefficient (Wildman–Crippen LogP) is 2.03. The highest BCUT2D eigenvalue weighted by atomic mass is 16.5. The van der Waals surface area contributed by atoms with Crippen LogP contribution in [0.2, 0.25) is 0 Å². The largest absolute Gasteiger partial charge is 0.496 e. The molecule has 0 saturated carbocycles. The Labute approximate surface area is 89.3 Å². The van der Waals surface area contributed by atoms with Crippen molar-refractivity contribution in [1.82, 2.24) is 0 Å². The lowest BCUT2D eigenvalue weighted by Crippen LogP contribution is -2.00. The van der Waals surface area contributed by atoms with E-state index in [1.54, 1.807) is 7.11 Å². The molecule has 0 fully saturated rings. The molecule has 0 amide bonds. The average molecular weight is 202 g/mol. The maximum atomic E-state index is 5.91. The molecule has 2 rings (SSSR count). The van der Waals surface area contributed by atoms with Crippen LogP contribution in [0.15, 0.2) is 17.1 Å². The van der Waals surface area contributed by atoms with Crippen LogP contribution in [0.4, 0.5) is 5.69 Å². The van der Waals surface area contributed by atoms with Gasteiger partial charge < -0.3 is 10.5 Å². The number of nitrogen functional groups attached to an aromatic ring is 1. The zero-order chi connectivity index (χ0) is 10.8. The van der Waals surface area contributed by atoms with Crippen LogP contribution in [-0.4, -0.2) is 19.9 Å². The molecule has 0 saturated heterocycles. The van der Waals surface area contributed by atoms with Crippen LogP contribution in [0.5, 0.6) is 5.75 Å². The van der Waals surface area contributed by atoms with Crippen molar-refractivity contribution >= 4 is 18.0 Å². The molecule has 1 aliphatic heterocycles. The molecule has 1 aromatic carbocycles. The van der Waals surface area contributed by atoms with Gasteiger partial charge >= 0.3 is 0 Å². The van der Waals surface area contributed by atoms with Crippen LogP contribution >= 0.6 is 0 Å². The quantitative estimate of drug-likeness (QED) is 0.708. The number of hydrogen-bond acceptors (Lipinski definition) is 3. The first-order valence-electron chi connectivity index (χ1n) is 4.87. The predicted molar refractivity (Wildman–Crippen MR) is 63.6 cm³/mol. The van der Waals surface area contributed by atoms with Crippen LogP contribution in [0.1, 0.15) is 16.7 Å². The van der Waals surface area contributed by atoms with Gasteiger partial charge in [-0.1, -0.05) is 12.2 Å². The van der Waals surface area contributed by atoms with Crippen molar-refractivity contribution in [3.63, 3.8) is 0 Å². The summed E-state index contributed by atoms with van der Waals surface area (Å²) in [4.78, 5) is 4.24. The van der Waals surface area contributed by atoms with Gasteiger partial charge in [0.15, 0.2) is 0 Å². The molecule has 0 radical (unpaired) electrons. The molecule has 0 bridgehead atoms.